The summed E-state index contributed by atoms with van der Waals surface area (Å²) in [5, 5.41) is 0. The monoisotopic (exact) mass is 510 g/mol. The van der Waals surface area contributed by atoms with Gasteiger partial charge in [0.2, 0.25) is 5.95 Å². The highest BCUT2D eigenvalue weighted by atomic mass is 127. The van der Waals surface area contributed by atoms with Crippen LogP contribution in [0.4, 0.5) is 11.8 Å². The first-order valence-corrected chi connectivity index (χ1v) is 9.65. The molecule has 0 radical (unpaired) electrons. The Labute approximate surface area is 188 Å². The van der Waals surface area contributed by atoms with Crippen molar-refractivity contribution in [1.82, 2.24) is 19.9 Å². The van der Waals surface area contributed by atoms with Crippen LogP contribution >= 0.6 is 24.0 Å². The molecule has 2 aliphatic rings. The molecule has 0 spiro atoms. The maximum atomic E-state index is 6.28. The van der Waals surface area contributed by atoms with E-state index >= 15 is 0 Å². The van der Waals surface area contributed by atoms with Gasteiger partial charge in [-0.2, -0.15) is 0 Å². The Morgan fingerprint density at radius 2 is 1.62 bits per heavy atom. The first-order valence-electron chi connectivity index (χ1n) is 9.65. The molecule has 9 nitrogen and oxygen atoms in total. The third-order valence-electron chi connectivity index (χ3n) is 5.03. The Balaban J connectivity index is 0.00000240. The van der Waals surface area contributed by atoms with Crippen molar-refractivity contribution in [2.75, 3.05) is 62.3 Å². The fourth-order valence-electron chi connectivity index (χ4n) is 3.47. The average molecular weight is 510 g/mol. The van der Waals surface area contributed by atoms with Crippen LogP contribution in [0.3, 0.4) is 0 Å². The lowest BCUT2D eigenvalue weighted by Gasteiger charge is -2.35. The van der Waals surface area contributed by atoms with Crippen molar-refractivity contribution >= 4 is 41.7 Å². The molecule has 0 atom stereocenters. The van der Waals surface area contributed by atoms with E-state index in [-0.39, 0.29) is 24.0 Å². The number of anilines is 2. The molecule has 2 aromatic heterocycles. The maximum Gasteiger partial charge on any atom is 0.225 e. The molecule has 0 aromatic carbocycles. The largest absolute Gasteiger partial charge is 0.378 e. The fourth-order valence-corrected chi connectivity index (χ4v) is 3.47. The molecule has 4 rings (SSSR count). The summed E-state index contributed by atoms with van der Waals surface area (Å²) in [7, 11) is 0. The highest BCUT2D eigenvalue weighted by molar-refractivity contribution is 14.0. The van der Waals surface area contributed by atoms with Crippen molar-refractivity contribution in [1.29, 1.82) is 0 Å². The van der Waals surface area contributed by atoms with Gasteiger partial charge in [0, 0.05) is 63.4 Å². The molecule has 156 valence electrons. The van der Waals surface area contributed by atoms with Gasteiger partial charge in [-0.05, 0) is 12.1 Å². The summed E-state index contributed by atoms with van der Waals surface area (Å²) in [6.45, 7) is 6.95. The van der Waals surface area contributed by atoms with Crippen LogP contribution in [-0.2, 0) is 11.3 Å². The Kier molecular flexibility index (Phi) is 7.81. The number of nitrogens with zero attached hydrogens (tertiary/aromatic N) is 7. The fraction of sp³-hybridized carbons (Fsp3) is 0.474. The number of halogens is 1. The standard InChI is InChI=1S/C19H26N8O.HI/c20-18(26-7-9-27(10-8-26)19-22-5-2-6-23-19)24-15-16-3-1-4-21-17(16)25-11-13-28-14-12-25;/h1-6H,7-15H2,(H2,20,24);1H. The van der Waals surface area contributed by atoms with Gasteiger partial charge in [0.25, 0.3) is 0 Å². The van der Waals surface area contributed by atoms with Gasteiger partial charge >= 0.3 is 0 Å². The van der Waals surface area contributed by atoms with Crippen LogP contribution in [0.1, 0.15) is 5.56 Å². The van der Waals surface area contributed by atoms with Gasteiger partial charge in [0.05, 0.1) is 19.8 Å². The Bertz CT molecular complexity index is 792. The van der Waals surface area contributed by atoms with Crippen LogP contribution in [0.5, 0.6) is 0 Å². The van der Waals surface area contributed by atoms with Crippen LogP contribution in [0.2, 0.25) is 0 Å². The minimum absolute atomic E-state index is 0. The number of hydrogen-bond donors (Lipinski definition) is 1. The van der Waals surface area contributed by atoms with Gasteiger partial charge < -0.3 is 25.2 Å². The minimum Gasteiger partial charge on any atom is -0.378 e. The number of aliphatic imine (C=N–C) groups is 1. The molecule has 0 bridgehead atoms. The number of aromatic nitrogens is 3. The number of guanidine groups is 1. The molecular formula is C19H27IN8O. The molecule has 0 amide bonds. The Morgan fingerprint density at radius 3 is 2.34 bits per heavy atom. The number of rotatable bonds is 4. The van der Waals surface area contributed by atoms with Crippen molar-refractivity contribution in [2.45, 2.75) is 6.54 Å². The molecule has 10 heteroatoms. The summed E-state index contributed by atoms with van der Waals surface area (Å²) in [6, 6.07) is 5.84. The zero-order valence-corrected chi connectivity index (χ0v) is 18.7. The molecule has 29 heavy (non-hydrogen) atoms. The molecule has 2 N–H and O–H groups in total. The zero-order chi connectivity index (χ0) is 19.2. The lowest BCUT2D eigenvalue weighted by Crippen LogP contribution is -2.51. The number of morpholine rings is 1. The summed E-state index contributed by atoms with van der Waals surface area (Å²) < 4.78 is 5.44. The lowest BCUT2D eigenvalue weighted by atomic mass is 10.2. The first kappa shape index (κ1) is 21.5. The van der Waals surface area contributed by atoms with Crippen molar-refractivity contribution in [3.05, 3.63) is 42.4 Å². The van der Waals surface area contributed by atoms with Crippen LogP contribution in [0.15, 0.2) is 41.8 Å². The summed E-state index contributed by atoms with van der Waals surface area (Å²) in [6.07, 6.45) is 5.36. The molecule has 4 heterocycles. The molecule has 0 unspecified atom stereocenters. The summed E-state index contributed by atoms with van der Waals surface area (Å²) in [4.78, 5) is 24.4. The molecule has 0 aliphatic carbocycles. The van der Waals surface area contributed by atoms with E-state index in [1.807, 2.05) is 18.3 Å². The molecular weight excluding hydrogens is 483 g/mol. The minimum atomic E-state index is 0. The van der Waals surface area contributed by atoms with Gasteiger partial charge in [-0.15, -0.1) is 24.0 Å². The van der Waals surface area contributed by atoms with Crippen molar-refractivity contribution in [3.63, 3.8) is 0 Å². The van der Waals surface area contributed by atoms with E-state index in [2.05, 4.69) is 40.7 Å². The second-order valence-corrected chi connectivity index (χ2v) is 6.78. The van der Waals surface area contributed by atoms with Crippen molar-refractivity contribution < 1.29 is 4.74 Å². The third kappa shape index (κ3) is 5.44. The first-order chi connectivity index (χ1) is 13.8. The quantitative estimate of drug-likeness (QED) is 0.370. The number of ether oxygens (including phenoxy) is 1. The topological polar surface area (TPSA) is 96.0 Å². The SMILES string of the molecule is I.NC(=NCc1cccnc1N1CCOCC1)N1CCN(c2ncccn2)CC1. The van der Waals surface area contributed by atoms with E-state index in [4.69, 9.17) is 10.5 Å². The second kappa shape index (κ2) is 10.5. The van der Waals surface area contributed by atoms with Gasteiger partial charge in [-0.1, -0.05) is 6.07 Å². The second-order valence-electron chi connectivity index (χ2n) is 6.78. The highest BCUT2D eigenvalue weighted by Gasteiger charge is 2.20. The number of hydrogen-bond acceptors (Lipinski definition) is 7. The molecule has 2 aromatic rings. The predicted molar refractivity (Wildman–Crippen MR) is 124 cm³/mol. The Morgan fingerprint density at radius 1 is 0.931 bits per heavy atom. The third-order valence-corrected chi connectivity index (χ3v) is 5.03. The smallest absolute Gasteiger partial charge is 0.225 e. The molecule has 2 saturated heterocycles. The molecule has 2 fully saturated rings. The van der Waals surface area contributed by atoms with Gasteiger partial charge in [0.15, 0.2) is 5.96 Å². The van der Waals surface area contributed by atoms with E-state index in [9.17, 15) is 0 Å². The zero-order valence-electron chi connectivity index (χ0n) is 16.4. The van der Waals surface area contributed by atoms with Crippen LogP contribution in [0, 0.1) is 0 Å². The van der Waals surface area contributed by atoms with Crippen LogP contribution in [-0.4, -0.2) is 78.3 Å². The van der Waals surface area contributed by atoms with E-state index < -0.39 is 0 Å². The highest BCUT2D eigenvalue weighted by Crippen LogP contribution is 2.19. The van der Waals surface area contributed by atoms with E-state index in [1.54, 1.807) is 12.4 Å². The summed E-state index contributed by atoms with van der Waals surface area (Å²) in [5.41, 5.74) is 7.37. The van der Waals surface area contributed by atoms with Crippen LogP contribution in [0.25, 0.3) is 0 Å². The van der Waals surface area contributed by atoms with Gasteiger partial charge in [-0.25, -0.2) is 19.9 Å². The summed E-state index contributed by atoms with van der Waals surface area (Å²) >= 11 is 0. The van der Waals surface area contributed by atoms with Crippen LogP contribution < -0.4 is 15.5 Å². The number of nitrogens with two attached hydrogens (primary N) is 1. The Hall–Kier alpha value is -2.21. The van der Waals surface area contributed by atoms with E-state index in [0.717, 1.165) is 69.8 Å². The normalized spacial score (nSPS) is 17.8. The predicted octanol–water partition coefficient (Wildman–Crippen LogP) is 0.963. The average Bonchev–Trinajstić information content (AvgIpc) is 2.79. The van der Waals surface area contributed by atoms with Crippen molar-refractivity contribution in [3.8, 4) is 0 Å². The number of piperazine rings is 1. The molecule has 0 saturated carbocycles. The van der Waals surface area contributed by atoms with Gasteiger partial charge in [-0.3, -0.25) is 0 Å². The maximum absolute atomic E-state index is 6.28. The molecule has 2 aliphatic heterocycles. The van der Waals surface area contributed by atoms with E-state index in [1.165, 1.54) is 0 Å². The lowest BCUT2D eigenvalue weighted by molar-refractivity contribution is 0.122. The van der Waals surface area contributed by atoms with Crippen molar-refractivity contribution in [2.24, 2.45) is 10.7 Å². The number of pyridine rings is 1. The van der Waals surface area contributed by atoms with Gasteiger partial charge in [0.1, 0.15) is 5.82 Å². The van der Waals surface area contributed by atoms with E-state index in [0.29, 0.717) is 12.5 Å². The summed E-state index contributed by atoms with van der Waals surface area (Å²) in [5.74, 6) is 2.32.